The van der Waals surface area contributed by atoms with E-state index in [0.29, 0.717) is 5.56 Å². The van der Waals surface area contributed by atoms with Crippen molar-refractivity contribution in [3.05, 3.63) is 368 Å². The molecule has 0 saturated heterocycles. The number of hydrogen-bond donors (Lipinski definition) is 1. The quantitative estimate of drug-likeness (QED) is 0.0318. The van der Waals surface area contributed by atoms with Crippen LogP contribution in [0.4, 0.5) is 0 Å². The minimum Gasteiger partial charge on any atom is -0.467 e. The van der Waals surface area contributed by atoms with Crippen molar-refractivity contribution in [2.45, 2.75) is 322 Å². The molecule has 0 aromatic heterocycles. The summed E-state index contributed by atoms with van der Waals surface area (Å²) in [6.45, 7) is 75.2. The molecule has 0 heterocycles. The van der Waals surface area contributed by atoms with Crippen LogP contribution in [-0.2, 0) is 9.53 Å². The van der Waals surface area contributed by atoms with Crippen molar-refractivity contribution in [3.63, 3.8) is 0 Å². The van der Waals surface area contributed by atoms with Gasteiger partial charge in [0.1, 0.15) is 6.04 Å². The number of nitrogens with one attached hydrogen (secondary N) is 1. The molecular formula is C143H164INO3S. The molecule has 1 atom stereocenters. The van der Waals surface area contributed by atoms with E-state index in [4.69, 9.17) is 4.74 Å². The van der Waals surface area contributed by atoms with Crippen LogP contribution in [0.5, 0.6) is 0 Å². The number of ether oxygens (including phenoxy) is 1. The zero-order valence-corrected chi connectivity index (χ0v) is 98.5. The number of rotatable bonds is 35. The maximum absolute atomic E-state index is 16.7. The normalized spacial score (nSPS) is 12.3. The van der Waals surface area contributed by atoms with Gasteiger partial charge in [-0.2, -0.15) is 0 Å². The number of hydrogen-bond acceptors (Lipinski definition) is 4. The maximum Gasteiger partial charge on any atom is 0.329 e. The molecule has 0 bridgehead atoms. The molecule has 772 valence electrons. The van der Waals surface area contributed by atoms with Gasteiger partial charge in [0.25, 0.3) is 5.91 Å². The molecule has 15 aromatic rings. The first-order valence-corrected chi connectivity index (χ1v) is 59.1. The zero-order valence-electron chi connectivity index (χ0n) is 95.5. The Morgan fingerprint density at radius 3 is 0.430 bits per heavy atom. The highest BCUT2D eigenvalue weighted by Crippen LogP contribution is 2.54. The maximum atomic E-state index is 16.7. The predicted octanol–water partition coefficient (Wildman–Crippen LogP) is 43.4. The monoisotopic (exact) mass is 2100 g/mol. The fourth-order valence-corrected chi connectivity index (χ4v) is 24.8. The lowest BCUT2D eigenvalue weighted by atomic mass is 9.79. The molecule has 1 N–H and O–H groups in total. The molecular weight excluding hydrogens is 1940 g/mol. The van der Waals surface area contributed by atoms with E-state index in [1.165, 1.54) is 194 Å². The van der Waals surface area contributed by atoms with Crippen LogP contribution in [0.3, 0.4) is 0 Å². The molecule has 6 heteroatoms. The number of methoxy groups -OCH3 is 1. The van der Waals surface area contributed by atoms with Crippen molar-refractivity contribution in [3.8, 4) is 156 Å². The molecule has 15 rings (SSSR count). The summed E-state index contributed by atoms with van der Waals surface area (Å²) in [5.74, 6) is 2.79. The predicted molar refractivity (Wildman–Crippen MR) is 658 cm³/mol. The van der Waals surface area contributed by atoms with Crippen LogP contribution < -0.4 is 5.32 Å². The lowest BCUT2D eigenvalue weighted by Crippen LogP contribution is -2.43. The Hall–Kier alpha value is -11.7. The molecule has 0 aliphatic carbocycles. The van der Waals surface area contributed by atoms with Gasteiger partial charge in [-0.3, -0.25) is 4.79 Å². The van der Waals surface area contributed by atoms with Crippen molar-refractivity contribution in [2.24, 2.45) is 0 Å². The van der Waals surface area contributed by atoms with Crippen LogP contribution in [-0.4, -0.2) is 30.8 Å². The molecule has 0 spiro atoms. The van der Waals surface area contributed by atoms with Crippen LogP contribution in [0.15, 0.2) is 273 Å². The summed E-state index contributed by atoms with van der Waals surface area (Å²) in [5.41, 5.74) is 53.0. The third kappa shape index (κ3) is 23.8. The highest BCUT2D eigenvalue weighted by Gasteiger charge is 2.32. The van der Waals surface area contributed by atoms with Crippen molar-refractivity contribution in [1.29, 1.82) is 0 Å². The third-order valence-electron chi connectivity index (χ3n) is 31.1. The molecule has 1 amide bonds. The standard InChI is InChI=1S/C143H164INO3S/c1-80(2)117-42-34-43-118(81(3)4)134(117)108-65-104(66-109(75-108)135-119(82(5)6)44-35-45-120(135)83(7)8)98-58-96(59-99(62-98)105-67-110(136-121(84(9)10)46-36-47-122(136)85(11)12)76-111(68-105)137-123(86(13)14)48-37-49-124(137)87(15)16)102-64-103(74-116(73-102)142(146)145-133(79-149-144)143(147)148-33)97-60-100(106-69-112(138-125(88(17)18)50-38-51-126(138)89(19)20)77-113(70-106)139-127(90(21)22)52-39-53-128(139)91(23)24)63-101(61-97)107-71-114(140-129(92(25)26)54-40-55-130(140)93(27)28)78-115(72-107)141-131(94(29)30)56-41-57-132(141)95(31)32/h34-78,80-95,133H,79H2,1-33H3,(H,145,146)/t133-/m0/s1. The third-order valence-corrected chi connectivity index (χ3v) is 32.6. The first-order valence-electron chi connectivity index (χ1n) is 55.6. The first kappa shape index (κ1) is 111. The second-order valence-corrected chi connectivity index (χ2v) is 49.8. The van der Waals surface area contributed by atoms with Gasteiger partial charge in [-0.25, -0.2) is 4.79 Å². The molecule has 0 aliphatic heterocycles. The van der Waals surface area contributed by atoms with Crippen molar-refractivity contribution >= 4 is 42.0 Å². The largest absolute Gasteiger partial charge is 0.467 e. The first-order chi connectivity index (χ1) is 70.9. The minimum atomic E-state index is -0.969. The van der Waals surface area contributed by atoms with Crippen molar-refractivity contribution < 1.29 is 14.3 Å². The van der Waals surface area contributed by atoms with Crippen LogP contribution >= 0.6 is 30.1 Å². The van der Waals surface area contributed by atoms with E-state index in [-0.39, 0.29) is 106 Å². The summed E-state index contributed by atoms with van der Waals surface area (Å²) in [5, 5.41) is 3.32. The van der Waals surface area contributed by atoms with Gasteiger partial charge < -0.3 is 10.1 Å². The number of carbonyl (C=O) groups is 2. The van der Waals surface area contributed by atoms with Gasteiger partial charge in [0.2, 0.25) is 0 Å². The molecule has 0 aliphatic rings. The van der Waals surface area contributed by atoms with Gasteiger partial charge in [0.15, 0.2) is 0 Å². The molecule has 0 unspecified atom stereocenters. The number of benzene rings is 15. The Morgan fingerprint density at radius 2 is 0.315 bits per heavy atom. The van der Waals surface area contributed by atoms with E-state index in [2.05, 4.69) is 521 Å². The Morgan fingerprint density at radius 1 is 0.201 bits per heavy atom. The van der Waals surface area contributed by atoms with Crippen LogP contribution in [0.2, 0.25) is 0 Å². The van der Waals surface area contributed by atoms with Gasteiger partial charge in [-0.1, -0.05) is 376 Å². The topological polar surface area (TPSA) is 55.4 Å². The summed E-state index contributed by atoms with van der Waals surface area (Å²) in [6.07, 6.45) is 0. The summed E-state index contributed by atoms with van der Waals surface area (Å²) in [6, 6.07) is 106. The Balaban J connectivity index is 1.17. The molecule has 0 fully saturated rings. The van der Waals surface area contributed by atoms with Gasteiger partial charge in [0.05, 0.1) is 7.11 Å². The number of halogens is 1. The molecule has 15 aromatic carbocycles. The number of carbonyl (C=O) groups excluding carboxylic acids is 2. The lowest BCUT2D eigenvalue weighted by Gasteiger charge is -2.25. The Bertz CT molecular complexity index is 6090. The molecule has 4 nitrogen and oxygen atoms in total. The average molecular weight is 2100 g/mol. The SMILES string of the molecule is COC(=O)[C@H](CSI)NC(=O)c1cc(-c2cc(-c3cc(-c4c(C(C)C)cccc4C(C)C)cc(-c4c(C(C)C)cccc4C(C)C)c3)cc(-c3cc(-c4c(C(C)C)cccc4C(C)C)cc(-c4c(C(C)C)cccc4C(C)C)c3)c2)cc(-c2cc(-c3cc(-c4c(C(C)C)cccc4C(C)C)cc(-c4c(C(C)C)cccc4C(C)C)c3)cc(-c3cc(-c4c(C(C)C)cccc4C(C)C)cc(-c4c(C(C)C)cccc4C(C)C)c3)c2)c1. The van der Waals surface area contributed by atoms with E-state index in [0.717, 1.165) is 66.8 Å². The molecule has 0 radical (unpaired) electrons. The van der Waals surface area contributed by atoms with E-state index in [9.17, 15) is 4.79 Å². The molecule has 0 saturated carbocycles. The van der Waals surface area contributed by atoms with E-state index >= 15 is 4.79 Å². The Kier molecular flexibility index (Phi) is 35.5. The Labute approximate surface area is 912 Å². The summed E-state index contributed by atoms with van der Waals surface area (Å²) in [4.78, 5) is 31.1. The zero-order chi connectivity index (χ0) is 108. The van der Waals surface area contributed by atoms with Gasteiger partial charge in [-0.15, -0.1) is 0 Å². The smallest absolute Gasteiger partial charge is 0.329 e. The molecule has 149 heavy (non-hydrogen) atoms. The van der Waals surface area contributed by atoms with E-state index < -0.39 is 12.0 Å². The summed E-state index contributed by atoms with van der Waals surface area (Å²) in [7, 11) is 2.88. The highest BCUT2D eigenvalue weighted by molar-refractivity contribution is 14.2. The summed E-state index contributed by atoms with van der Waals surface area (Å²) < 4.78 is 5.62. The number of amides is 1. The van der Waals surface area contributed by atoms with E-state index in [1.54, 1.807) is 0 Å². The van der Waals surface area contributed by atoms with Crippen LogP contribution in [0.25, 0.3) is 156 Å². The highest BCUT2D eigenvalue weighted by atomic mass is 127. The summed E-state index contributed by atoms with van der Waals surface area (Å²) >= 11 is 2.24. The minimum absolute atomic E-state index is 0.213. The number of esters is 1. The second-order valence-electron chi connectivity index (χ2n) is 47.4. The average Bonchev–Trinajstić information content (AvgIpc) is 0.755. The fourth-order valence-electron chi connectivity index (χ4n) is 23.4. The lowest BCUT2D eigenvalue weighted by molar-refractivity contribution is -0.142. The van der Waals surface area contributed by atoms with Gasteiger partial charge >= 0.3 is 5.97 Å². The van der Waals surface area contributed by atoms with Gasteiger partial charge in [-0.05, 0) is 488 Å². The van der Waals surface area contributed by atoms with Crippen molar-refractivity contribution in [2.75, 3.05) is 12.9 Å². The van der Waals surface area contributed by atoms with Crippen molar-refractivity contribution in [1.82, 2.24) is 5.32 Å². The van der Waals surface area contributed by atoms with Crippen LogP contribution in [0.1, 0.15) is 416 Å². The van der Waals surface area contributed by atoms with Crippen LogP contribution in [0, 0.1) is 0 Å². The van der Waals surface area contributed by atoms with Gasteiger partial charge in [0, 0.05) is 11.3 Å². The second kappa shape index (κ2) is 47.5. The fraction of sp³-hybridized carbons (Fsp3) is 0.357. The van der Waals surface area contributed by atoms with E-state index in [1.807, 2.05) is 0 Å².